The molecule has 118 valence electrons. The minimum atomic E-state index is -4.73. The Kier molecular flexibility index (Phi) is 4.34. The molecule has 1 aliphatic rings. The highest BCUT2D eigenvalue weighted by Crippen LogP contribution is 2.16. The van der Waals surface area contributed by atoms with Crippen molar-refractivity contribution in [2.45, 2.75) is 6.92 Å². The summed E-state index contributed by atoms with van der Waals surface area (Å²) in [7, 11) is -4.73. The highest BCUT2D eigenvalue weighted by atomic mass is 32.3. The number of nitrogens with zero attached hydrogens (tertiary/aromatic N) is 4. The maximum absolute atomic E-state index is 10.7. The Bertz CT molecular complexity index is 591. The first kappa shape index (κ1) is 15.5. The lowest BCUT2D eigenvalue weighted by molar-refractivity contribution is -0.835. The second-order valence-corrected chi connectivity index (χ2v) is 5.62. The number of nitrogen functional groups attached to an aromatic ring is 2. The second kappa shape index (κ2) is 5.87. The molecule has 1 saturated heterocycles. The SMILES string of the molecule is CCN1CCN(c2cc(N)[n+](OS(=O)(=O)O)c(N)n2)CC1. The van der Waals surface area contributed by atoms with Crippen molar-refractivity contribution in [1.29, 1.82) is 0 Å². The quantitative estimate of drug-likeness (QED) is 0.421. The molecule has 0 bridgehead atoms. The first-order valence-electron chi connectivity index (χ1n) is 6.43. The lowest BCUT2D eigenvalue weighted by atomic mass is 10.3. The van der Waals surface area contributed by atoms with E-state index in [0.29, 0.717) is 10.5 Å². The smallest absolute Gasteiger partial charge is 0.344 e. The number of hydrogen-bond acceptors (Lipinski definition) is 8. The van der Waals surface area contributed by atoms with Crippen LogP contribution in [0.4, 0.5) is 17.6 Å². The van der Waals surface area contributed by atoms with Crippen LogP contribution >= 0.6 is 0 Å². The van der Waals surface area contributed by atoms with Crippen LogP contribution in [0.5, 0.6) is 0 Å². The van der Waals surface area contributed by atoms with Crippen molar-refractivity contribution in [3.8, 4) is 0 Å². The first-order valence-corrected chi connectivity index (χ1v) is 7.79. The van der Waals surface area contributed by atoms with Crippen LogP contribution in [0, 0.1) is 0 Å². The lowest BCUT2D eigenvalue weighted by Crippen LogP contribution is -2.51. The van der Waals surface area contributed by atoms with E-state index in [4.69, 9.17) is 16.0 Å². The number of anilines is 3. The normalized spacial score (nSPS) is 17.0. The van der Waals surface area contributed by atoms with E-state index >= 15 is 0 Å². The number of aromatic nitrogens is 2. The predicted molar refractivity (Wildman–Crippen MR) is 75.7 cm³/mol. The summed E-state index contributed by atoms with van der Waals surface area (Å²) in [4.78, 5) is 8.36. The third-order valence-electron chi connectivity index (χ3n) is 3.26. The highest BCUT2D eigenvalue weighted by Gasteiger charge is 2.24. The fraction of sp³-hybridized carbons (Fsp3) is 0.600. The van der Waals surface area contributed by atoms with Crippen LogP contribution in [-0.2, 0) is 10.4 Å². The van der Waals surface area contributed by atoms with Crippen molar-refractivity contribution in [3.63, 3.8) is 0 Å². The van der Waals surface area contributed by atoms with Crippen LogP contribution in [0.15, 0.2) is 6.07 Å². The molecular weight excluding hydrogens is 300 g/mol. The van der Waals surface area contributed by atoms with Gasteiger partial charge in [-0.1, -0.05) is 11.9 Å². The molecular formula is C10H19N6O4S+. The molecule has 21 heavy (non-hydrogen) atoms. The molecule has 0 atom stereocenters. The first-order chi connectivity index (χ1) is 9.80. The molecule has 0 saturated carbocycles. The van der Waals surface area contributed by atoms with Gasteiger partial charge in [0.05, 0.1) is 6.07 Å². The van der Waals surface area contributed by atoms with Crippen molar-refractivity contribution in [1.82, 2.24) is 9.88 Å². The summed E-state index contributed by atoms with van der Waals surface area (Å²) in [5.41, 5.74) is 11.3. The maximum atomic E-state index is 10.7. The molecule has 0 aromatic carbocycles. The largest absolute Gasteiger partial charge is 0.474 e. The zero-order valence-electron chi connectivity index (χ0n) is 11.6. The zero-order chi connectivity index (χ0) is 15.6. The Balaban J connectivity index is 2.20. The fourth-order valence-corrected chi connectivity index (χ4v) is 2.50. The summed E-state index contributed by atoms with van der Waals surface area (Å²) in [6.07, 6.45) is 0. The Morgan fingerprint density at radius 3 is 2.48 bits per heavy atom. The van der Waals surface area contributed by atoms with Gasteiger partial charge in [0.1, 0.15) is 0 Å². The molecule has 0 amide bonds. The molecule has 0 aliphatic carbocycles. The van der Waals surface area contributed by atoms with E-state index in [1.165, 1.54) is 6.07 Å². The van der Waals surface area contributed by atoms with E-state index in [1.807, 2.05) is 4.90 Å². The third-order valence-corrected chi connectivity index (χ3v) is 3.60. The molecule has 0 radical (unpaired) electrons. The highest BCUT2D eigenvalue weighted by molar-refractivity contribution is 7.80. The summed E-state index contributed by atoms with van der Waals surface area (Å²) in [6.45, 7) is 6.42. The van der Waals surface area contributed by atoms with Gasteiger partial charge >= 0.3 is 16.3 Å². The summed E-state index contributed by atoms with van der Waals surface area (Å²) >= 11 is 0. The minimum Gasteiger partial charge on any atom is -0.344 e. The predicted octanol–water partition coefficient (Wildman–Crippen LogP) is -2.09. The molecule has 0 spiro atoms. The van der Waals surface area contributed by atoms with Crippen LogP contribution in [0.25, 0.3) is 0 Å². The molecule has 2 heterocycles. The van der Waals surface area contributed by atoms with Gasteiger partial charge in [0.2, 0.25) is 5.82 Å². The van der Waals surface area contributed by atoms with Gasteiger partial charge in [0.25, 0.3) is 0 Å². The van der Waals surface area contributed by atoms with Gasteiger partial charge in [-0.3, -0.25) is 4.55 Å². The molecule has 1 aliphatic heterocycles. The average molecular weight is 319 g/mol. The number of likely N-dealkylation sites (N-methyl/N-ethyl adjacent to an activating group) is 1. The molecule has 1 fully saturated rings. The van der Waals surface area contributed by atoms with Crippen molar-refractivity contribution < 1.29 is 22.0 Å². The van der Waals surface area contributed by atoms with Gasteiger partial charge in [-0.2, -0.15) is 8.42 Å². The Morgan fingerprint density at radius 2 is 2.00 bits per heavy atom. The number of piperazine rings is 1. The minimum absolute atomic E-state index is 0.0759. The number of nitrogens with two attached hydrogens (primary N) is 2. The fourth-order valence-electron chi connectivity index (χ4n) is 2.15. The molecule has 11 heteroatoms. The summed E-state index contributed by atoms with van der Waals surface area (Å²) in [6, 6.07) is 1.45. The van der Waals surface area contributed by atoms with Gasteiger partial charge < -0.3 is 21.3 Å². The van der Waals surface area contributed by atoms with Gasteiger partial charge in [0.15, 0.2) is 5.82 Å². The Morgan fingerprint density at radius 1 is 1.38 bits per heavy atom. The monoisotopic (exact) mass is 319 g/mol. The van der Waals surface area contributed by atoms with E-state index < -0.39 is 10.4 Å². The molecule has 5 N–H and O–H groups in total. The third kappa shape index (κ3) is 3.83. The van der Waals surface area contributed by atoms with Crippen molar-refractivity contribution in [3.05, 3.63) is 6.07 Å². The molecule has 1 aromatic rings. The topological polar surface area (TPSA) is 139 Å². The molecule has 0 unspecified atom stereocenters. The van der Waals surface area contributed by atoms with Gasteiger partial charge in [-0.15, -0.1) is 0 Å². The molecule has 1 aromatic heterocycles. The van der Waals surface area contributed by atoms with E-state index in [-0.39, 0.29) is 11.8 Å². The summed E-state index contributed by atoms with van der Waals surface area (Å²) in [5.74, 6) is 0.199. The zero-order valence-corrected chi connectivity index (χ0v) is 12.5. The van der Waals surface area contributed by atoms with Crippen LogP contribution in [0.1, 0.15) is 6.92 Å². The van der Waals surface area contributed by atoms with Crippen molar-refractivity contribution in [2.24, 2.45) is 0 Å². The van der Waals surface area contributed by atoms with E-state index in [0.717, 1.165) is 32.7 Å². The van der Waals surface area contributed by atoms with Crippen molar-refractivity contribution in [2.75, 3.05) is 49.1 Å². The van der Waals surface area contributed by atoms with E-state index in [1.54, 1.807) is 0 Å². The van der Waals surface area contributed by atoms with Crippen LogP contribution in [0.2, 0.25) is 0 Å². The lowest BCUT2D eigenvalue weighted by Gasteiger charge is -2.33. The summed E-state index contributed by atoms with van der Waals surface area (Å²) < 4.78 is 34.9. The Hall–Kier alpha value is -1.85. The molecule has 2 rings (SSSR count). The second-order valence-electron chi connectivity index (χ2n) is 4.62. The van der Waals surface area contributed by atoms with Crippen LogP contribution in [0.3, 0.4) is 0 Å². The summed E-state index contributed by atoms with van der Waals surface area (Å²) in [5, 5.41) is 0. The van der Waals surface area contributed by atoms with Crippen molar-refractivity contribution >= 4 is 28.0 Å². The Labute approximate surface area is 122 Å². The number of hydrogen-bond donors (Lipinski definition) is 3. The van der Waals surface area contributed by atoms with Gasteiger partial charge in [-0.05, 0) is 11.3 Å². The standard InChI is InChI=1S/C10H18N6O4S/c1-2-14-3-5-15(6-4-14)9-7-8(11)16(10(12)13-9)20-21(17,18)19/h7H,2-6H2,1H3,(H4,11,12,13,17,18,19)/p+1. The van der Waals surface area contributed by atoms with Gasteiger partial charge in [-0.25, -0.2) is 4.28 Å². The maximum Gasteiger partial charge on any atom is 0.474 e. The average Bonchev–Trinajstić information content (AvgIpc) is 2.42. The van der Waals surface area contributed by atoms with Gasteiger partial charge in [0, 0.05) is 26.2 Å². The van der Waals surface area contributed by atoms with E-state index in [9.17, 15) is 8.42 Å². The number of rotatable bonds is 4. The van der Waals surface area contributed by atoms with Crippen LogP contribution < -0.4 is 25.4 Å². The van der Waals surface area contributed by atoms with Crippen LogP contribution in [-0.4, -0.2) is 55.6 Å². The van der Waals surface area contributed by atoms with E-state index in [2.05, 4.69) is 21.1 Å². The molecule has 10 nitrogen and oxygen atoms in total.